The van der Waals surface area contributed by atoms with Crippen molar-refractivity contribution < 1.29 is 28.2 Å². The summed E-state index contributed by atoms with van der Waals surface area (Å²) in [6.07, 6.45) is 3.36. The summed E-state index contributed by atoms with van der Waals surface area (Å²) in [5.41, 5.74) is -5.58. The second-order valence-corrected chi connectivity index (χ2v) is 10.8. The Kier molecular flexibility index (Phi) is 7.48. The van der Waals surface area contributed by atoms with E-state index in [9.17, 15) is 14.7 Å². The number of Topliss-reactive ketones (excluding diaryl/α,β-unsaturated/α-hetero) is 1. The fourth-order valence-corrected chi connectivity index (χ4v) is 8.09. The van der Waals surface area contributed by atoms with Crippen LogP contribution in [0.2, 0.25) is 0 Å². The standard InChI is InChI=1S/C25H33ClF2O4.C2H6/c1-5-21(31)32-25(20(30)13-26)14(2)10-16-17-11-18(27)15-8-6-7-9-22(15,3)24(17,28)19(29)12-23(16,25)4;1-2/h7-9,14,16-19,29H,5-6,10-13H2,1-4H3;1-2H3/t14-,16-,17-,18-,19-,22-,23-,24-,25-;/m0./s1. The zero-order valence-electron chi connectivity index (χ0n) is 21.2. The number of carbonyl (C=O) groups is 2. The molecule has 4 aliphatic carbocycles. The number of rotatable bonds is 4. The van der Waals surface area contributed by atoms with Gasteiger partial charge in [0.05, 0.1) is 12.0 Å². The molecule has 0 bridgehead atoms. The summed E-state index contributed by atoms with van der Waals surface area (Å²) in [4.78, 5) is 25.7. The molecular formula is C27H39ClF2O4. The normalized spacial score (nSPS) is 46.8. The van der Waals surface area contributed by atoms with Crippen LogP contribution >= 0.6 is 11.6 Å². The van der Waals surface area contributed by atoms with Crippen molar-refractivity contribution in [2.45, 2.75) is 97.2 Å². The average Bonchev–Trinajstić information content (AvgIpc) is 3.03. The maximum atomic E-state index is 17.2. The van der Waals surface area contributed by atoms with Gasteiger partial charge in [0.25, 0.3) is 0 Å². The number of esters is 1. The second kappa shape index (κ2) is 9.31. The number of hydrogen-bond acceptors (Lipinski definition) is 4. The number of halogens is 3. The Morgan fingerprint density at radius 3 is 2.47 bits per heavy atom. The van der Waals surface area contributed by atoms with Gasteiger partial charge in [0.1, 0.15) is 6.17 Å². The molecule has 0 aromatic heterocycles. The van der Waals surface area contributed by atoms with Crippen molar-refractivity contribution in [3.63, 3.8) is 0 Å². The second-order valence-electron chi connectivity index (χ2n) is 10.6. The topological polar surface area (TPSA) is 63.6 Å². The number of carbonyl (C=O) groups excluding carboxylic acids is 2. The number of allylic oxidation sites excluding steroid dienone is 4. The van der Waals surface area contributed by atoms with Gasteiger partial charge in [-0.2, -0.15) is 0 Å². The Hall–Kier alpha value is -1.27. The number of alkyl halides is 3. The van der Waals surface area contributed by atoms with Gasteiger partial charge in [0.2, 0.25) is 0 Å². The van der Waals surface area contributed by atoms with Gasteiger partial charge in [-0.1, -0.05) is 52.8 Å². The third kappa shape index (κ3) is 3.30. The molecule has 3 fully saturated rings. The molecule has 9 atom stereocenters. The molecule has 0 heterocycles. The first kappa shape index (κ1) is 27.3. The van der Waals surface area contributed by atoms with Crippen LogP contribution in [0.3, 0.4) is 0 Å². The van der Waals surface area contributed by atoms with Crippen LogP contribution in [0.15, 0.2) is 23.8 Å². The van der Waals surface area contributed by atoms with Gasteiger partial charge in [0.15, 0.2) is 17.1 Å². The first-order valence-corrected chi connectivity index (χ1v) is 13.2. The predicted molar refractivity (Wildman–Crippen MR) is 129 cm³/mol. The fourth-order valence-electron chi connectivity index (χ4n) is 7.89. The zero-order chi connectivity index (χ0) is 25.7. The first-order valence-electron chi connectivity index (χ1n) is 12.6. The molecular weight excluding hydrogens is 462 g/mol. The van der Waals surface area contributed by atoms with E-state index < -0.39 is 63.9 Å². The van der Waals surface area contributed by atoms with Crippen LogP contribution in [0.4, 0.5) is 8.78 Å². The number of fused-ring (bicyclic) bond motifs is 5. The molecule has 0 radical (unpaired) electrons. The fraction of sp³-hybridized carbons (Fsp3) is 0.778. The van der Waals surface area contributed by atoms with Crippen molar-refractivity contribution in [1.82, 2.24) is 0 Å². The summed E-state index contributed by atoms with van der Waals surface area (Å²) >= 11 is 5.99. The highest BCUT2D eigenvalue weighted by Gasteiger charge is 2.77. The van der Waals surface area contributed by atoms with Gasteiger partial charge in [0, 0.05) is 29.1 Å². The van der Waals surface area contributed by atoms with E-state index in [1.807, 2.05) is 26.8 Å². The van der Waals surface area contributed by atoms with Crippen molar-refractivity contribution in [3.8, 4) is 0 Å². The van der Waals surface area contributed by atoms with Crippen LogP contribution in [0.25, 0.3) is 0 Å². The Morgan fingerprint density at radius 2 is 1.88 bits per heavy atom. The van der Waals surface area contributed by atoms with E-state index in [4.69, 9.17) is 16.3 Å². The van der Waals surface area contributed by atoms with Crippen molar-refractivity contribution in [1.29, 1.82) is 0 Å². The molecule has 0 aromatic carbocycles. The summed E-state index contributed by atoms with van der Waals surface area (Å²) in [6, 6.07) is 0. The molecule has 0 unspecified atom stereocenters. The maximum Gasteiger partial charge on any atom is 0.306 e. The maximum absolute atomic E-state index is 17.2. The molecule has 1 N–H and O–H groups in total. The number of ketones is 1. The Balaban J connectivity index is 0.00000158. The summed E-state index contributed by atoms with van der Waals surface area (Å²) in [7, 11) is 0. The first-order chi connectivity index (χ1) is 15.9. The molecule has 4 aliphatic rings. The van der Waals surface area contributed by atoms with Gasteiger partial charge in [-0.05, 0) is 44.1 Å². The molecule has 4 rings (SSSR count). The molecule has 0 amide bonds. The van der Waals surface area contributed by atoms with E-state index in [-0.39, 0.29) is 25.1 Å². The van der Waals surface area contributed by atoms with Crippen molar-refractivity contribution >= 4 is 23.4 Å². The lowest BCUT2D eigenvalue weighted by Crippen LogP contribution is -2.71. The lowest BCUT2D eigenvalue weighted by atomic mass is 9.44. The van der Waals surface area contributed by atoms with E-state index in [0.29, 0.717) is 18.4 Å². The molecule has 0 aliphatic heterocycles. The van der Waals surface area contributed by atoms with E-state index in [2.05, 4.69) is 0 Å². The molecule has 7 heteroatoms. The minimum absolute atomic E-state index is 0.0668. The molecule has 4 nitrogen and oxygen atoms in total. The average molecular weight is 501 g/mol. The van der Waals surface area contributed by atoms with E-state index in [1.165, 1.54) is 0 Å². The quantitative estimate of drug-likeness (QED) is 0.296. The van der Waals surface area contributed by atoms with Gasteiger partial charge in [-0.15, -0.1) is 11.6 Å². The number of hydrogen-bond donors (Lipinski definition) is 1. The third-order valence-electron chi connectivity index (χ3n) is 9.31. The zero-order valence-corrected chi connectivity index (χ0v) is 21.9. The van der Waals surface area contributed by atoms with Crippen LogP contribution in [-0.4, -0.2) is 46.3 Å². The summed E-state index contributed by atoms with van der Waals surface area (Å²) in [5, 5.41) is 11.4. The van der Waals surface area contributed by atoms with Crippen LogP contribution in [0.1, 0.15) is 73.6 Å². The largest absolute Gasteiger partial charge is 0.450 e. The Bertz CT molecular complexity index is 890. The highest BCUT2D eigenvalue weighted by atomic mass is 35.5. The Labute approximate surface area is 207 Å². The van der Waals surface area contributed by atoms with Crippen LogP contribution in [-0.2, 0) is 14.3 Å². The summed E-state index contributed by atoms with van der Waals surface area (Å²) in [5.74, 6) is -3.04. The van der Waals surface area contributed by atoms with Gasteiger partial charge in [-0.25, -0.2) is 8.78 Å². The minimum Gasteiger partial charge on any atom is -0.450 e. The smallest absolute Gasteiger partial charge is 0.306 e. The minimum atomic E-state index is -2.09. The number of ether oxygens (including phenoxy) is 1. The molecule has 192 valence electrons. The SMILES string of the molecule is CC.CCC(=O)O[C@]1(C(=O)CCl)[C@@H](C)C[C@H]2[C@@H]3C[C@H](F)C4=CCC=C[C@]4(C)[C@@]3(F)[C@@H](O)C[C@@]21C. The van der Waals surface area contributed by atoms with Crippen molar-refractivity contribution in [2.24, 2.45) is 28.6 Å². The molecule has 0 spiro atoms. The van der Waals surface area contributed by atoms with Crippen LogP contribution < -0.4 is 0 Å². The number of aliphatic hydroxyl groups excluding tert-OH is 1. The van der Waals surface area contributed by atoms with Crippen molar-refractivity contribution in [2.75, 3.05) is 5.88 Å². The number of aliphatic hydroxyl groups is 1. The Morgan fingerprint density at radius 1 is 1.24 bits per heavy atom. The highest BCUT2D eigenvalue weighted by Crippen LogP contribution is 2.71. The van der Waals surface area contributed by atoms with Crippen LogP contribution in [0.5, 0.6) is 0 Å². The molecule has 3 saturated carbocycles. The molecule has 0 aromatic rings. The van der Waals surface area contributed by atoms with Crippen LogP contribution in [0, 0.1) is 28.6 Å². The molecule has 34 heavy (non-hydrogen) atoms. The summed E-state index contributed by atoms with van der Waals surface area (Å²) < 4.78 is 38.5. The van der Waals surface area contributed by atoms with E-state index in [0.717, 1.165) is 0 Å². The summed E-state index contributed by atoms with van der Waals surface area (Å²) in [6.45, 7) is 10.9. The van der Waals surface area contributed by atoms with Gasteiger partial charge in [-0.3, -0.25) is 9.59 Å². The third-order valence-corrected chi connectivity index (χ3v) is 9.56. The van der Waals surface area contributed by atoms with E-state index >= 15 is 8.78 Å². The lowest BCUT2D eigenvalue weighted by molar-refractivity contribution is -0.230. The molecule has 0 saturated heterocycles. The van der Waals surface area contributed by atoms with Crippen molar-refractivity contribution in [3.05, 3.63) is 23.8 Å². The highest BCUT2D eigenvalue weighted by molar-refractivity contribution is 6.29. The van der Waals surface area contributed by atoms with E-state index in [1.54, 1.807) is 32.9 Å². The lowest BCUT2D eigenvalue weighted by Gasteiger charge is -2.63. The predicted octanol–water partition coefficient (Wildman–Crippen LogP) is 5.90. The van der Waals surface area contributed by atoms with Gasteiger partial charge < -0.3 is 9.84 Å². The van der Waals surface area contributed by atoms with Gasteiger partial charge >= 0.3 is 5.97 Å². The monoisotopic (exact) mass is 500 g/mol.